The highest BCUT2D eigenvalue weighted by Crippen LogP contribution is 2.33. The van der Waals surface area contributed by atoms with E-state index in [1.54, 1.807) is 0 Å². The van der Waals surface area contributed by atoms with Crippen LogP contribution in [-0.4, -0.2) is 42.9 Å². The lowest BCUT2D eigenvalue weighted by Gasteiger charge is -2.22. The lowest BCUT2D eigenvalue weighted by Crippen LogP contribution is -2.34. The van der Waals surface area contributed by atoms with Gasteiger partial charge in [-0.1, -0.05) is 0 Å². The van der Waals surface area contributed by atoms with E-state index in [0.29, 0.717) is 30.6 Å². The Morgan fingerprint density at radius 3 is 2.74 bits per heavy atom. The van der Waals surface area contributed by atoms with E-state index in [0.717, 1.165) is 42.9 Å². The number of aryl methyl sites for hydroxylation is 1. The first-order chi connectivity index (χ1) is 13.2. The highest BCUT2D eigenvalue weighted by atomic mass is 19.1. The minimum atomic E-state index is -0.354. The number of hydrogen-bond acceptors (Lipinski definition) is 6. The summed E-state index contributed by atoms with van der Waals surface area (Å²) in [5, 5.41) is 12.1. The maximum Gasteiger partial charge on any atom is 0.189 e. The highest BCUT2D eigenvalue weighted by Gasteiger charge is 2.16. The molecular formula is C20H26FN3O3. The van der Waals surface area contributed by atoms with Crippen molar-refractivity contribution in [2.24, 2.45) is 0 Å². The SMILES string of the molecule is CCOCOc1cc(F)cc(C)c1-c1ccc(CNC2CCOCC2)nn1. The minimum absolute atomic E-state index is 0.0624. The van der Waals surface area contributed by atoms with Crippen LogP contribution in [0.25, 0.3) is 11.3 Å². The molecule has 1 N–H and O–H groups in total. The zero-order valence-electron chi connectivity index (χ0n) is 15.8. The predicted octanol–water partition coefficient (Wildman–Crippen LogP) is 3.23. The number of nitrogens with one attached hydrogen (secondary N) is 1. The van der Waals surface area contributed by atoms with Gasteiger partial charge in [0.25, 0.3) is 0 Å². The first-order valence-corrected chi connectivity index (χ1v) is 9.32. The van der Waals surface area contributed by atoms with E-state index in [1.165, 1.54) is 12.1 Å². The van der Waals surface area contributed by atoms with Gasteiger partial charge in [-0.25, -0.2) is 4.39 Å². The first-order valence-electron chi connectivity index (χ1n) is 9.32. The predicted molar refractivity (Wildman–Crippen MR) is 100.0 cm³/mol. The second-order valence-electron chi connectivity index (χ2n) is 6.53. The lowest BCUT2D eigenvalue weighted by atomic mass is 10.0. The number of aromatic nitrogens is 2. The third-order valence-corrected chi connectivity index (χ3v) is 4.54. The third-order valence-electron chi connectivity index (χ3n) is 4.54. The van der Waals surface area contributed by atoms with Crippen molar-refractivity contribution in [2.45, 2.75) is 39.3 Å². The van der Waals surface area contributed by atoms with Crippen molar-refractivity contribution in [3.63, 3.8) is 0 Å². The molecule has 27 heavy (non-hydrogen) atoms. The molecule has 1 aliphatic rings. The molecule has 3 rings (SSSR count). The molecule has 1 aromatic carbocycles. The molecule has 0 amide bonds. The summed E-state index contributed by atoms with van der Waals surface area (Å²) in [5.74, 6) is 0.0521. The standard InChI is InChI=1S/C20H26FN3O3/c1-3-25-13-27-19-11-15(21)10-14(2)20(19)18-5-4-17(23-24-18)12-22-16-6-8-26-9-7-16/h4-5,10-11,16,22H,3,6-9,12-13H2,1-2H3. The Morgan fingerprint density at radius 2 is 2.04 bits per heavy atom. The van der Waals surface area contributed by atoms with E-state index >= 15 is 0 Å². The summed E-state index contributed by atoms with van der Waals surface area (Å²) in [6.45, 7) is 6.56. The molecule has 0 unspecified atom stereocenters. The van der Waals surface area contributed by atoms with E-state index in [2.05, 4.69) is 15.5 Å². The van der Waals surface area contributed by atoms with Crippen molar-refractivity contribution in [2.75, 3.05) is 26.6 Å². The monoisotopic (exact) mass is 375 g/mol. The number of nitrogens with zero attached hydrogens (tertiary/aromatic N) is 2. The Balaban J connectivity index is 1.71. The van der Waals surface area contributed by atoms with Crippen LogP contribution in [0, 0.1) is 12.7 Å². The summed E-state index contributed by atoms with van der Waals surface area (Å²) in [7, 11) is 0. The van der Waals surface area contributed by atoms with Crippen molar-refractivity contribution >= 4 is 0 Å². The molecule has 6 nitrogen and oxygen atoms in total. The molecule has 1 fully saturated rings. The summed E-state index contributed by atoms with van der Waals surface area (Å²) in [6.07, 6.45) is 2.03. The van der Waals surface area contributed by atoms with Gasteiger partial charge in [-0.15, -0.1) is 0 Å². The average molecular weight is 375 g/mol. The van der Waals surface area contributed by atoms with Crippen molar-refractivity contribution in [1.82, 2.24) is 15.5 Å². The van der Waals surface area contributed by atoms with Gasteiger partial charge < -0.3 is 19.5 Å². The fraction of sp³-hybridized carbons (Fsp3) is 0.500. The maximum atomic E-state index is 13.8. The second kappa shape index (κ2) is 9.73. The molecule has 0 saturated carbocycles. The Labute approximate surface area is 159 Å². The molecular weight excluding hydrogens is 349 g/mol. The number of halogens is 1. The summed E-state index contributed by atoms with van der Waals surface area (Å²) >= 11 is 0. The zero-order valence-corrected chi connectivity index (χ0v) is 15.8. The van der Waals surface area contributed by atoms with Gasteiger partial charge in [-0.05, 0) is 50.5 Å². The van der Waals surface area contributed by atoms with Gasteiger partial charge in [0.1, 0.15) is 11.6 Å². The molecule has 0 bridgehead atoms. The smallest absolute Gasteiger partial charge is 0.189 e. The van der Waals surface area contributed by atoms with Crippen LogP contribution in [0.5, 0.6) is 5.75 Å². The second-order valence-corrected chi connectivity index (χ2v) is 6.53. The van der Waals surface area contributed by atoms with Gasteiger partial charge in [0.05, 0.1) is 11.4 Å². The molecule has 0 atom stereocenters. The fourth-order valence-corrected chi connectivity index (χ4v) is 3.08. The van der Waals surface area contributed by atoms with E-state index in [-0.39, 0.29) is 12.6 Å². The summed E-state index contributed by atoms with van der Waals surface area (Å²) in [5.41, 5.74) is 2.98. The van der Waals surface area contributed by atoms with Crippen molar-refractivity contribution < 1.29 is 18.6 Å². The molecule has 0 radical (unpaired) electrons. The van der Waals surface area contributed by atoms with Crippen LogP contribution in [0.1, 0.15) is 31.0 Å². The van der Waals surface area contributed by atoms with Gasteiger partial charge in [-0.2, -0.15) is 10.2 Å². The van der Waals surface area contributed by atoms with E-state index < -0.39 is 0 Å². The maximum absolute atomic E-state index is 13.8. The Kier molecular flexibility index (Phi) is 7.09. The highest BCUT2D eigenvalue weighted by molar-refractivity contribution is 5.70. The number of benzene rings is 1. The first kappa shape index (κ1) is 19.7. The summed E-state index contributed by atoms with van der Waals surface area (Å²) in [4.78, 5) is 0. The molecule has 2 heterocycles. The fourth-order valence-electron chi connectivity index (χ4n) is 3.08. The molecule has 1 saturated heterocycles. The van der Waals surface area contributed by atoms with Crippen molar-refractivity contribution in [3.8, 4) is 17.0 Å². The summed E-state index contributed by atoms with van der Waals surface area (Å²) in [6, 6.07) is 7.10. The normalized spacial score (nSPS) is 15.1. The van der Waals surface area contributed by atoms with E-state index in [9.17, 15) is 4.39 Å². The molecule has 1 aliphatic heterocycles. The minimum Gasteiger partial charge on any atom is -0.467 e. The van der Waals surface area contributed by atoms with Gasteiger partial charge >= 0.3 is 0 Å². The van der Waals surface area contributed by atoms with Crippen molar-refractivity contribution in [1.29, 1.82) is 0 Å². The summed E-state index contributed by atoms with van der Waals surface area (Å²) < 4.78 is 30.0. The Bertz CT molecular complexity index is 734. The molecule has 7 heteroatoms. The van der Waals surface area contributed by atoms with Crippen LogP contribution < -0.4 is 10.1 Å². The van der Waals surface area contributed by atoms with Crippen LogP contribution in [0.15, 0.2) is 24.3 Å². The van der Waals surface area contributed by atoms with Gasteiger partial charge in [0, 0.05) is 44.0 Å². The Morgan fingerprint density at radius 1 is 1.22 bits per heavy atom. The van der Waals surface area contributed by atoms with E-state index in [4.69, 9.17) is 14.2 Å². The third kappa shape index (κ3) is 5.45. The number of hydrogen-bond donors (Lipinski definition) is 1. The average Bonchev–Trinajstić information content (AvgIpc) is 2.68. The molecule has 2 aromatic rings. The van der Waals surface area contributed by atoms with E-state index in [1.807, 2.05) is 26.0 Å². The van der Waals surface area contributed by atoms with Gasteiger partial charge in [0.2, 0.25) is 0 Å². The zero-order chi connectivity index (χ0) is 19.1. The number of ether oxygens (including phenoxy) is 3. The largest absolute Gasteiger partial charge is 0.467 e. The molecule has 0 aliphatic carbocycles. The molecule has 0 spiro atoms. The van der Waals surface area contributed by atoms with Gasteiger partial charge in [-0.3, -0.25) is 0 Å². The molecule has 146 valence electrons. The van der Waals surface area contributed by atoms with Crippen molar-refractivity contribution in [3.05, 3.63) is 41.3 Å². The van der Waals surface area contributed by atoms with Crippen LogP contribution in [0.4, 0.5) is 4.39 Å². The molecule has 1 aromatic heterocycles. The van der Waals surface area contributed by atoms with Crippen LogP contribution in [0.2, 0.25) is 0 Å². The van der Waals surface area contributed by atoms with Crippen LogP contribution >= 0.6 is 0 Å². The van der Waals surface area contributed by atoms with Gasteiger partial charge in [0.15, 0.2) is 6.79 Å². The lowest BCUT2D eigenvalue weighted by molar-refractivity contribution is 0.0225. The van der Waals surface area contributed by atoms with Crippen LogP contribution in [-0.2, 0) is 16.0 Å². The topological polar surface area (TPSA) is 65.5 Å². The number of rotatable bonds is 8. The Hall–Kier alpha value is -2.09. The quantitative estimate of drug-likeness (QED) is 0.564. The van der Waals surface area contributed by atoms with Crippen LogP contribution in [0.3, 0.4) is 0 Å².